The first kappa shape index (κ1) is 12.3. The molecule has 0 saturated carbocycles. The van der Waals surface area contributed by atoms with Crippen LogP contribution in [0.15, 0.2) is 42.5 Å². The molecular weight excluding hydrogens is 246 g/mol. The molecule has 0 aliphatic carbocycles. The maximum atomic E-state index is 9.00. The second-order valence-electron chi connectivity index (χ2n) is 3.90. The topological polar surface area (TPSA) is 61.8 Å². The van der Waals surface area contributed by atoms with Crippen LogP contribution < -0.4 is 11.1 Å². The van der Waals surface area contributed by atoms with Gasteiger partial charge in [0.1, 0.15) is 6.07 Å². The number of nitrogens with zero attached hydrogens (tertiary/aromatic N) is 1. The largest absolute Gasteiger partial charge is 0.399 e. The maximum absolute atomic E-state index is 9.00. The molecule has 90 valence electrons. The van der Waals surface area contributed by atoms with Gasteiger partial charge in [0.25, 0.3) is 0 Å². The molecule has 0 saturated heterocycles. The Morgan fingerprint density at radius 1 is 1.22 bits per heavy atom. The van der Waals surface area contributed by atoms with Crippen molar-refractivity contribution in [2.45, 2.75) is 6.54 Å². The molecule has 0 atom stereocenters. The van der Waals surface area contributed by atoms with E-state index < -0.39 is 0 Å². The Bertz CT molecular complexity index is 602. The highest BCUT2D eigenvalue weighted by Gasteiger charge is 2.02. The van der Waals surface area contributed by atoms with Gasteiger partial charge < -0.3 is 11.1 Å². The molecule has 0 heterocycles. The molecule has 0 aliphatic heterocycles. The lowest BCUT2D eigenvalue weighted by Gasteiger charge is -2.09. The SMILES string of the molecule is N#Cc1ccc(Cl)cc1NCc1cccc(N)c1. The fraction of sp³-hybridized carbons (Fsp3) is 0.0714. The average molecular weight is 258 g/mol. The molecule has 18 heavy (non-hydrogen) atoms. The minimum atomic E-state index is 0.573. The molecule has 0 spiro atoms. The van der Waals surface area contributed by atoms with Crippen LogP contribution in [0.5, 0.6) is 0 Å². The Labute approximate surface area is 111 Å². The van der Waals surface area contributed by atoms with E-state index in [1.54, 1.807) is 18.2 Å². The summed E-state index contributed by atoms with van der Waals surface area (Å²) in [6.45, 7) is 0.597. The smallest absolute Gasteiger partial charge is 0.101 e. The first-order valence-electron chi connectivity index (χ1n) is 5.47. The third-order valence-corrected chi connectivity index (χ3v) is 2.77. The number of hydrogen-bond acceptors (Lipinski definition) is 3. The highest BCUT2D eigenvalue weighted by Crippen LogP contribution is 2.21. The van der Waals surface area contributed by atoms with Gasteiger partial charge in [0, 0.05) is 17.3 Å². The lowest BCUT2D eigenvalue weighted by molar-refractivity contribution is 1.15. The van der Waals surface area contributed by atoms with Gasteiger partial charge in [0.15, 0.2) is 0 Å². The van der Waals surface area contributed by atoms with Crippen molar-refractivity contribution in [3.8, 4) is 6.07 Å². The van der Waals surface area contributed by atoms with Crippen LogP contribution in [0.1, 0.15) is 11.1 Å². The van der Waals surface area contributed by atoms with Crippen molar-refractivity contribution in [1.82, 2.24) is 0 Å². The van der Waals surface area contributed by atoms with Gasteiger partial charge in [-0.15, -0.1) is 0 Å². The minimum absolute atomic E-state index is 0.573. The van der Waals surface area contributed by atoms with E-state index >= 15 is 0 Å². The van der Waals surface area contributed by atoms with Crippen molar-refractivity contribution in [2.24, 2.45) is 0 Å². The number of benzene rings is 2. The van der Waals surface area contributed by atoms with Crippen LogP contribution in [0.3, 0.4) is 0 Å². The van der Waals surface area contributed by atoms with E-state index in [4.69, 9.17) is 22.6 Å². The molecule has 2 aromatic carbocycles. The third-order valence-electron chi connectivity index (χ3n) is 2.54. The van der Waals surface area contributed by atoms with E-state index in [0.29, 0.717) is 17.1 Å². The van der Waals surface area contributed by atoms with E-state index in [2.05, 4.69) is 11.4 Å². The molecule has 0 bridgehead atoms. The Balaban J connectivity index is 2.15. The van der Waals surface area contributed by atoms with Crippen molar-refractivity contribution in [3.63, 3.8) is 0 Å². The molecule has 2 rings (SSSR count). The Morgan fingerprint density at radius 3 is 2.78 bits per heavy atom. The third kappa shape index (κ3) is 2.93. The van der Waals surface area contributed by atoms with Crippen molar-refractivity contribution >= 4 is 23.0 Å². The summed E-state index contributed by atoms with van der Waals surface area (Å²) in [5, 5.41) is 12.8. The number of nitrogens with two attached hydrogens (primary N) is 1. The van der Waals surface area contributed by atoms with Crippen LogP contribution in [-0.2, 0) is 6.54 Å². The van der Waals surface area contributed by atoms with Crippen molar-refractivity contribution < 1.29 is 0 Å². The Morgan fingerprint density at radius 2 is 2.06 bits per heavy atom. The standard InChI is InChI=1S/C14H12ClN3/c15-12-5-4-11(8-16)14(7-12)18-9-10-2-1-3-13(17)6-10/h1-7,18H,9,17H2. The van der Waals surface area contributed by atoms with Crippen LogP contribution in [0.4, 0.5) is 11.4 Å². The summed E-state index contributed by atoms with van der Waals surface area (Å²) in [5.74, 6) is 0. The first-order valence-corrected chi connectivity index (χ1v) is 5.85. The summed E-state index contributed by atoms with van der Waals surface area (Å²) < 4.78 is 0. The van der Waals surface area contributed by atoms with E-state index in [1.165, 1.54) is 0 Å². The monoisotopic (exact) mass is 257 g/mol. The van der Waals surface area contributed by atoms with Crippen molar-refractivity contribution in [2.75, 3.05) is 11.1 Å². The summed E-state index contributed by atoms with van der Waals surface area (Å²) in [4.78, 5) is 0. The van der Waals surface area contributed by atoms with Gasteiger partial charge in [0.05, 0.1) is 11.3 Å². The lowest BCUT2D eigenvalue weighted by atomic mass is 10.1. The van der Waals surface area contributed by atoms with Crippen LogP contribution in [0, 0.1) is 11.3 Å². The molecule has 0 unspecified atom stereocenters. The van der Waals surface area contributed by atoms with Gasteiger partial charge in [-0.25, -0.2) is 0 Å². The zero-order chi connectivity index (χ0) is 13.0. The molecule has 0 fully saturated rings. The number of nitriles is 1. The highest BCUT2D eigenvalue weighted by molar-refractivity contribution is 6.30. The van der Waals surface area contributed by atoms with Crippen LogP contribution >= 0.6 is 11.6 Å². The highest BCUT2D eigenvalue weighted by atomic mass is 35.5. The second-order valence-corrected chi connectivity index (χ2v) is 4.34. The lowest BCUT2D eigenvalue weighted by Crippen LogP contribution is -2.01. The first-order chi connectivity index (χ1) is 8.69. The summed E-state index contributed by atoms with van der Waals surface area (Å²) in [6, 6.07) is 14.9. The predicted octanol–water partition coefficient (Wildman–Crippen LogP) is 3.41. The van der Waals surface area contributed by atoms with Crippen LogP contribution in [-0.4, -0.2) is 0 Å². The van der Waals surface area contributed by atoms with E-state index in [0.717, 1.165) is 16.9 Å². The van der Waals surface area contributed by atoms with Crippen LogP contribution in [0.25, 0.3) is 0 Å². The normalized spacial score (nSPS) is 9.78. The summed E-state index contributed by atoms with van der Waals surface area (Å²) in [7, 11) is 0. The molecule has 2 aromatic rings. The fourth-order valence-corrected chi connectivity index (χ4v) is 1.83. The van der Waals surface area contributed by atoms with Gasteiger partial charge >= 0.3 is 0 Å². The fourth-order valence-electron chi connectivity index (χ4n) is 1.66. The minimum Gasteiger partial charge on any atom is -0.399 e. The Kier molecular flexibility index (Phi) is 3.71. The van der Waals surface area contributed by atoms with E-state index in [-0.39, 0.29) is 0 Å². The van der Waals surface area contributed by atoms with Gasteiger partial charge in [-0.2, -0.15) is 5.26 Å². The number of nitrogens with one attached hydrogen (secondary N) is 1. The molecule has 4 heteroatoms. The van der Waals surface area contributed by atoms with E-state index in [1.807, 2.05) is 24.3 Å². The molecule has 3 nitrogen and oxygen atoms in total. The number of nitrogen functional groups attached to an aromatic ring is 1. The zero-order valence-corrected chi connectivity index (χ0v) is 10.4. The van der Waals surface area contributed by atoms with Crippen molar-refractivity contribution in [3.05, 3.63) is 58.6 Å². The zero-order valence-electron chi connectivity index (χ0n) is 9.65. The summed E-state index contributed by atoms with van der Waals surface area (Å²) in [5.41, 5.74) is 8.79. The van der Waals surface area contributed by atoms with Crippen LogP contribution in [0.2, 0.25) is 5.02 Å². The summed E-state index contributed by atoms with van der Waals surface area (Å²) >= 11 is 5.91. The molecule has 0 amide bonds. The van der Waals surface area contributed by atoms with Gasteiger partial charge in [-0.3, -0.25) is 0 Å². The van der Waals surface area contributed by atoms with Gasteiger partial charge in [0.2, 0.25) is 0 Å². The van der Waals surface area contributed by atoms with Crippen molar-refractivity contribution in [1.29, 1.82) is 5.26 Å². The van der Waals surface area contributed by atoms with Gasteiger partial charge in [-0.05, 0) is 35.9 Å². The number of anilines is 2. The summed E-state index contributed by atoms with van der Waals surface area (Å²) in [6.07, 6.45) is 0. The predicted molar refractivity (Wildman–Crippen MR) is 74.3 cm³/mol. The molecular formula is C14H12ClN3. The maximum Gasteiger partial charge on any atom is 0.101 e. The second kappa shape index (κ2) is 5.44. The Hall–Kier alpha value is -2.18. The average Bonchev–Trinajstić information content (AvgIpc) is 2.37. The van der Waals surface area contributed by atoms with E-state index in [9.17, 15) is 0 Å². The molecule has 0 radical (unpaired) electrons. The molecule has 0 aromatic heterocycles. The number of rotatable bonds is 3. The molecule has 0 aliphatic rings. The number of hydrogen-bond donors (Lipinski definition) is 2. The quantitative estimate of drug-likeness (QED) is 0.829. The van der Waals surface area contributed by atoms with Gasteiger partial charge in [-0.1, -0.05) is 23.7 Å². The number of halogens is 1. The molecule has 3 N–H and O–H groups in total.